The van der Waals surface area contributed by atoms with Crippen LogP contribution in [0.3, 0.4) is 0 Å². The van der Waals surface area contributed by atoms with Crippen molar-refractivity contribution >= 4 is 17.5 Å². The molecule has 0 radical (unpaired) electrons. The van der Waals surface area contributed by atoms with Gasteiger partial charge >= 0.3 is 0 Å². The number of anilines is 1. The first-order valence-electron chi connectivity index (χ1n) is 9.65. The number of nitrogens with one attached hydrogen (secondary N) is 3. The van der Waals surface area contributed by atoms with Crippen LogP contribution >= 0.6 is 0 Å². The summed E-state index contributed by atoms with van der Waals surface area (Å²) in [5.41, 5.74) is 3.90. The second-order valence-electron chi connectivity index (χ2n) is 7.15. The predicted octanol–water partition coefficient (Wildman–Crippen LogP) is 1.64. The molecule has 0 aliphatic carbocycles. The topological polar surface area (TPSA) is 71.9 Å². The van der Waals surface area contributed by atoms with Gasteiger partial charge in [0.05, 0.1) is 13.6 Å². The molecule has 0 bridgehead atoms. The van der Waals surface area contributed by atoms with Crippen LogP contribution in [-0.4, -0.2) is 38.6 Å². The van der Waals surface area contributed by atoms with Gasteiger partial charge in [0.25, 0.3) is 5.91 Å². The highest BCUT2D eigenvalue weighted by Crippen LogP contribution is 2.18. The molecule has 0 saturated carbocycles. The number of amides is 2. The van der Waals surface area contributed by atoms with Crippen molar-refractivity contribution in [2.75, 3.05) is 32.1 Å². The van der Waals surface area contributed by atoms with Gasteiger partial charge in [0.2, 0.25) is 5.91 Å². The van der Waals surface area contributed by atoms with Gasteiger partial charge in [-0.05, 0) is 49.2 Å². The minimum absolute atomic E-state index is 0.0464. The van der Waals surface area contributed by atoms with Crippen molar-refractivity contribution in [1.29, 1.82) is 0 Å². The molecule has 0 heterocycles. The molecule has 154 valence electrons. The molecule has 0 spiro atoms. The normalized spacial score (nSPS) is 11.4. The fourth-order valence-corrected chi connectivity index (χ4v) is 2.98. The van der Waals surface area contributed by atoms with Crippen molar-refractivity contribution in [1.82, 2.24) is 5.32 Å². The molecule has 6 heteroatoms. The highest BCUT2D eigenvalue weighted by atomic mass is 16.5. The Balaban J connectivity index is 1.75. The smallest absolute Gasteiger partial charge is 0.275 e. The maximum atomic E-state index is 12.2. The van der Waals surface area contributed by atoms with Gasteiger partial charge in [-0.1, -0.05) is 30.9 Å². The molecule has 0 aliphatic rings. The molecule has 0 fully saturated rings. The number of aryl methyl sites for hydroxylation is 2. The summed E-state index contributed by atoms with van der Waals surface area (Å²) >= 11 is 0. The fraction of sp³-hybridized carbons (Fsp3) is 0.304. The molecule has 0 aliphatic heterocycles. The molecule has 2 aromatic carbocycles. The number of hydrogen-bond donors (Lipinski definition) is 3. The maximum Gasteiger partial charge on any atom is 0.275 e. The number of carbonyl (C=O) groups is 2. The number of para-hydroxylation sites is 1. The molecule has 6 nitrogen and oxygen atoms in total. The van der Waals surface area contributed by atoms with Crippen LogP contribution in [0.2, 0.25) is 0 Å². The van der Waals surface area contributed by atoms with E-state index in [9.17, 15) is 9.59 Å². The number of likely N-dealkylation sites (N-methyl/N-ethyl adjacent to an activating group) is 1. The summed E-state index contributed by atoms with van der Waals surface area (Å²) in [6.07, 6.45) is 1.70. The van der Waals surface area contributed by atoms with Gasteiger partial charge in [-0.25, -0.2) is 0 Å². The van der Waals surface area contributed by atoms with Crippen molar-refractivity contribution in [2.45, 2.75) is 20.4 Å². The van der Waals surface area contributed by atoms with Crippen molar-refractivity contribution in [3.05, 3.63) is 71.8 Å². The first-order valence-corrected chi connectivity index (χ1v) is 9.65. The van der Waals surface area contributed by atoms with Crippen LogP contribution in [-0.2, 0) is 16.1 Å². The predicted molar refractivity (Wildman–Crippen MR) is 115 cm³/mol. The Morgan fingerprint density at radius 3 is 2.34 bits per heavy atom. The second-order valence-corrected chi connectivity index (χ2v) is 7.15. The Bertz CT molecular complexity index is 827. The number of hydrogen-bond acceptors (Lipinski definition) is 3. The van der Waals surface area contributed by atoms with E-state index in [-0.39, 0.29) is 24.9 Å². The average Bonchev–Trinajstić information content (AvgIpc) is 2.68. The van der Waals surface area contributed by atoms with Crippen molar-refractivity contribution in [3.8, 4) is 5.75 Å². The number of carbonyl (C=O) groups excluding carboxylic acids is 2. The SMILES string of the molecule is C=CCOc1ccc(C[NH+](C)CC(=O)NCC(=O)Nc2c(C)cccc2C)cc1. The van der Waals surface area contributed by atoms with Crippen LogP contribution < -0.4 is 20.3 Å². The van der Waals surface area contributed by atoms with E-state index in [1.165, 1.54) is 0 Å². The monoisotopic (exact) mass is 396 g/mol. The third-order valence-electron chi connectivity index (χ3n) is 4.45. The van der Waals surface area contributed by atoms with Crippen molar-refractivity contribution < 1.29 is 19.2 Å². The molecular formula is C23H30N3O3+. The van der Waals surface area contributed by atoms with Crippen LogP contribution in [0.4, 0.5) is 5.69 Å². The van der Waals surface area contributed by atoms with E-state index >= 15 is 0 Å². The average molecular weight is 397 g/mol. The lowest BCUT2D eigenvalue weighted by atomic mass is 10.1. The van der Waals surface area contributed by atoms with Crippen molar-refractivity contribution in [2.24, 2.45) is 0 Å². The molecule has 2 amide bonds. The standard InChI is InChI=1S/C23H29N3O3/c1-5-13-29-20-11-9-19(10-12-20)15-26(4)16-22(28)24-14-21(27)25-23-17(2)7-6-8-18(23)3/h5-12H,1,13-16H2,2-4H3,(H,24,28)(H,25,27)/p+1. The number of benzene rings is 2. The van der Waals surface area contributed by atoms with E-state index in [4.69, 9.17) is 4.74 Å². The quantitative estimate of drug-likeness (QED) is 0.535. The molecular weight excluding hydrogens is 366 g/mol. The van der Waals surface area contributed by atoms with Gasteiger partial charge < -0.3 is 20.3 Å². The van der Waals surface area contributed by atoms with Gasteiger partial charge in [0.1, 0.15) is 18.9 Å². The van der Waals surface area contributed by atoms with Crippen LogP contribution in [0.25, 0.3) is 0 Å². The first-order chi connectivity index (χ1) is 13.9. The largest absolute Gasteiger partial charge is 0.490 e. The van der Waals surface area contributed by atoms with Gasteiger partial charge in [0.15, 0.2) is 6.54 Å². The van der Waals surface area contributed by atoms with E-state index in [0.717, 1.165) is 33.0 Å². The van der Waals surface area contributed by atoms with Crippen LogP contribution in [0.15, 0.2) is 55.1 Å². The number of rotatable bonds is 10. The zero-order chi connectivity index (χ0) is 21.2. The molecule has 1 atom stereocenters. The van der Waals surface area contributed by atoms with Gasteiger partial charge in [-0.15, -0.1) is 0 Å². The molecule has 3 N–H and O–H groups in total. The highest BCUT2D eigenvalue weighted by Gasteiger charge is 2.13. The Morgan fingerprint density at radius 2 is 1.72 bits per heavy atom. The van der Waals surface area contributed by atoms with E-state index in [2.05, 4.69) is 17.2 Å². The molecule has 29 heavy (non-hydrogen) atoms. The van der Waals surface area contributed by atoms with E-state index in [1.807, 2.05) is 63.4 Å². The summed E-state index contributed by atoms with van der Waals surface area (Å²) in [4.78, 5) is 25.3. The van der Waals surface area contributed by atoms with E-state index < -0.39 is 0 Å². The molecule has 0 aromatic heterocycles. The lowest BCUT2D eigenvalue weighted by Gasteiger charge is -2.15. The number of ether oxygens (including phenoxy) is 1. The van der Waals surface area contributed by atoms with Crippen LogP contribution in [0, 0.1) is 13.8 Å². The van der Waals surface area contributed by atoms with E-state index in [1.54, 1.807) is 6.08 Å². The maximum absolute atomic E-state index is 12.2. The van der Waals surface area contributed by atoms with Crippen molar-refractivity contribution in [3.63, 3.8) is 0 Å². The number of quaternary nitrogens is 1. The highest BCUT2D eigenvalue weighted by molar-refractivity contribution is 5.95. The summed E-state index contributed by atoms with van der Waals surface area (Å²) in [6, 6.07) is 13.6. The van der Waals surface area contributed by atoms with Gasteiger partial charge in [-0.2, -0.15) is 0 Å². The minimum Gasteiger partial charge on any atom is -0.490 e. The van der Waals surface area contributed by atoms with Gasteiger partial charge in [-0.3, -0.25) is 9.59 Å². The molecule has 2 aromatic rings. The van der Waals surface area contributed by atoms with Gasteiger partial charge in [0, 0.05) is 11.3 Å². The second kappa shape index (κ2) is 11.0. The Morgan fingerprint density at radius 1 is 1.07 bits per heavy atom. The first kappa shape index (κ1) is 22.2. The summed E-state index contributed by atoms with van der Waals surface area (Å²) in [7, 11) is 1.94. The third-order valence-corrected chi connectivity index (χ3v) is 4.45. The Hall–Kier alpha value is -3.12. The Kier molecular flexibility index (Phi) is 8.43. The van der Waals surface area contributed by atoms with Crippen LogP contribution in [0.1, 0.15) is 16.7 Å². The lowest BCUT2D eigenvalue weighted by molar-refractivity contribution is -0.885. The molecule has 2 rings (SSSR count). The third kappa shape index (κ3) is 7.43. The minimum atomic E-state index is -0.233. The molecule has 0 saturated heterocycles. The summed E-state index contributed by atoms with van der Waals surface area (Å²) in [5.74, 6) is 0.396. The lowest BCUT2D eigenvalue weighted by Crippen LogP contribution is -3.08. The fourth-order valence-electron chi connectivity index (χ4n) is 2.98. The zero-order valence-electron chi connectivity index (χ0n) is 17.4. The zero-order valence-corrected chi connectivity index (χ0v) is 17.4. The summed E-state index contributed by atoms with van der Waals surface area (Å²) < 4.78 is 5.46. The van der Waals surface area contributed by atoms with Crippen LogP contribution in [0.5, 0.6) is 5.75 Å². The molecule has 1 unspecified atom stereocenters. The van der Waals surface area contributed by atoms with E-state index in [0.29, 0.717) is 13.2 Å². The summed E-state index contributed by atoms with van der Waals surface area (Å²) in [5, 5.41) is 5.56. The Labute approximate surface area is 172 Å². The summed E-state index contributed by atoms with van der Waals surface area (Å²) in [6.45, 7) is 8.92.